The Hall–Kier alpha value is -3.81. The average Bonchev–Trinajstić information content (AvgIpc) is 3.79. The summed E-state index contributed by atoms with van der Waals surface area (Å²) >= 11 is 0. The van der Waals surface area contributed by atoms with E-state index in [9.17, 15) is 23.2 Å². The third-order valence-electron chi connectivity index (χ3n) is 7.71. The van der Waals surface area contributed by atoms with E-state index in [0.717, 1.165) is 10.8 Å². The van der Waals surface area contributed by atoms with Crippen molar-refractivity contribution in [2.24, 2.45) is 5.92 Å². The van der Waals surface area contributed by atoms with Crippen LogP contribution < -0.4 is 10.1 Å². The summed E-state index contributed by atoms with van der Waals surface area (Å²) in [7, 11) is 0. The number of fused-ring (bicyclic) bond motifs is 1. The normalized spacial score (nSPS) is 19.0. The van der Waals surface area contributed by atoms with Crippen LogP contribution in [0.25, 0.3) is 10.8 Å². The molecule has 0 aromatic heterocycles. The van der Waals surface area contributed by atoms with E-state index in [1.54, 1.807) is 6.07 Å². The molecule has 3 aromatic rings. The highest BCUT2D eigenvalue weighted by molar-refractivity contribution is 5.99. The van der Waals surface area contributed by atoms with Gasteiger partial charge in [0, 0.05) is 18.5 Å². The van der Waals surface area contributed by atoms with E-state index in [1.165, 1.54) is 30.5 Å². The number of ether oxygens (including phenoxy) is 1. The van der Waals surface area contributed by atoms with Crippen molar-refractivity contribution in [1.29, 1.82) is 0 Å². The van der Waals surface area contributed by atoms with E-state index in [0.29, 0.717) is 37.2 Å². The fourth-order valence-electron chi connectivity index (χ4n) is 5.21. The number of carbonyl (C=O) groups excluding carboxylic acids is 2. The van der Waals surface area contributed by atoms with Gasteiger partial charge in [-0.15, -0.1) is 0 Å². The van der Waals surface area contributed by atoms with E-state index in [-0.39, 0.29) is 36.6 Å². The standard InChI is InChI=1S/C31H31F2NO5/c32-28-25(13-14-27(29(28)33)39-24-11-9-20(10-12-24)31(37)38)26(35)2-1-15-34-30(36)22-8-6-19-5-7-21(18-3-4-18)16-23(19)17-22/h5-8,13-14,16-18,20,24H,1-4,9-12,15H2,(H,34,36)(H,37,38). The van der Waals surface area contributed by atoms with Crippen molar-refractivity contribution in [3.8, 4) is 5.75 Å². The quantitative estimate of drug-likeness (QED) is 0.231. The molecule has 0 bridgehead atoms. The van der Waals surface area contributed by atoms with Crippen LogP contribution in [0.15, 0.2) is 48.5 Å². The molecule has 204 valence electrons. The van der Waals surface area contributed by atoms with Crippen LogP contribution in [-0.2, 0) is 4.79 Å². The van der Waals surface area contributed by atoms with Crippen LogP contribution in [0.5, 0.6) is 5.75 Å². The molecule has 39 heavy (non-hydrogen) atoms. The number of hydrogen-bond donors (Lipinski definition) is 2. The minimum atomic E-state index is -1.26. The van der Waals surface area contributed by atoms with Crippen LogP contribution in [0.4, 0.5) is 8.78 Å². The third kappa shape index (κ3) is 6.27. The maximum Gasteiger partial charge on any atom is 0.306 e. The second kappa shape index (κ2) is 11.5. The molecular formula is C31H31F2NO5. The molecule has 0 unspecified atom stereocenters. The topological polar surface area (TPSA) is 92.7 Å². The van der Waals surface area contributed by atoms with Crippen LogP contribution in [0.1, 0.15) is 83.6 Å². The van der Waals surface area contributed by atoms with Gasteiger partial charge >= 0.3 is 5.97 Å². The minimum absolute atomic E-state index is 0.0570. The Bertz CT molecular complexity index is 1410. The monoisotopic (exact) mass is 535 g/mol. The highest BCUT2D eigenvalue weighted by atomic mass is 19.2. The minimum Gasteiger partial charge on any atom is -0.487 e. The summed E-state index contributed by atoms with van der Waals surface area (Å²) < 4.78 is 34.9. The van der Waals surface area contributed by atoms with E-state index >= 15 is 0 Å². The lowest BCUT2D eigenvalue weighted by molar-refractivity contribution is -0.143. The number of benzene rings is 3. The number of aliphatic carboxylic acids is 1. The van der Waals surface area contributed by atoms with Gasteiger partial charge in [-0.05, 0) is 91.5 Å². The van der Waals surface area contributed by atoms with Crippen molar-refractivity contribution in [1.82, 2.24) is 5.32 Å². The summed E-state index contributed by atoms with van der Waals surface area (Å²) in [6, 6.07) is 14.3. The van der Waals surface area contributed by atoms with Gasteiger partial charge in [-0.3, -0.25) is 14.4 Å². The lowest BCUT2D eigenvalue weighted by atomic mass is 9.87. The van der Waals surface area contributed by atoms with E-state index in [2.05, 4.69) is 23.5 Å². The van der Waals surface area contributed by atoms with E-state index in [4.69, 9.17) is 9.84 Å². The summed E-state index contributed by atoms with van der Waals surface area (Å²) in [5.41, 5.74) is 1.47. The molecular weight excluding hydrogens is 504 g/mol. The van der Waals surface area contributed by atoms with Crippen molar-refractivity contribution >= 4 is 28.4 Å². The largest absolute Gasteiger partial charge is 0.487 e. The first-order chi connectivity index (χ1) is 18.8. The van der Waals surface area contributed by atoms with Gasteiger partial charge in [0.25, 0.3) is 5.91 Å². The first kappa shape index (κ1) is 26.8. The molecule has 6 nitrogen and oxygen atoms in total. The summed E-state index contributed by atoms with van der Waals surface area (Å²) in [6.45, 7) is 0.217. The zero-order valence-electron chi connectivity index (χ0n) is 21.6. The molecule has 2 aliphatic rings. The number of hydrogen-bond acceptors (Lipinski definition) is 4. The first-order valence-corrected chi connectivity index (χ1v) is 13.5. The third-order valence-corrected chi connectivity index (χ3v) is 7.71. The zero-order chi connectivity index (χ0) is 27.5. The maximum atomic E-state index is 14.7. The number of ketones is 1. The number of carboxylic acid groups (broad SMARTS) is 1. The summed E-state index contributed by atoms with van der Waals surface area (Å²) in [5.74, 6) is -4.26. The van der Waals surface area contributed by atoms with E-state index in [1.807, 2.05) is 12.1 Å². The number of rotatable bonds is 10. The number of nitrogens with one attached hydrogen (secondary N) is 1. The predicted octanol–water partition coefficient (Wildman–Crippen LogP) is 6.41. The molecule has 3 aromatic carbocycles. The van der Waals surface area contributed by atoms with Crippen LogP contribution >= 0.6 is 0 Å². The maximum absolute atomic E-state index is 14.7. The molecule has 2 N–H and O–H groups in total. The lowest BCUT2D eigenvalue weighted by Crippen LogP contribution is -2.28. The van der Waals surface area contributed by atoms with E-state index < -0.39 is 35.4 Å². The SMILES string of the molecule is O=C(NCCCC(=O)c1ccc(OC2CCC(C(=O)O)CC2)c(F)c1F)c1ccc2ccc(C3CC3)cc2c1. The second-order valence-corrected chi connectivity index (χ2v) is 10.5. The van der Waals surface area contributed by atoms with Crippen molar-refractivity contribution < 1.29 is 33.0 Å². The fraction of sp³-hybridized carbons (Fsp3) is 0.387. The Morgan fingerprint density at radius 3 is 2.33 bits per heavy atom. The molecule has 8 heteroatoms. The van der Waals surface area contributed by atoms with Gasteiger partial charge in [-0.25, -0.2) is 4.39 Å². The van der Waals surface area contributed by atoms with Crippen LogP contribution in [-0.4, -0.2) is 35.4 Å². The van der Waals surface area contributed by atoms with Gasteiger partial charge in [0.05, 0.1) is 17.6 Å². The number of carboxylic acids is 1. The predicted molar refractivity (Wildman–Crippen MR) is 142 cm³/mol. The summed E-state index contributed by atoms with van der Waals surface area (Å²) in [6.07, 6.45) is 3.93. The van der Waals surface area contributed by atoms with Crippen LogP contribution in [0.3, 0.4) is 0 Å². The van der Waals surface area contributed by atoms with Crippen molar-refractivity contribution in [2.45, 2.75) is 63.4 Å². The lowest BCUT2D eigenvalue weighted by Gasteiger charge is -2.27. The number of carbonyl (C=O) groups is 3. The Labute approximate surface area is 225 Å². The van der Waals surface area contributed by atoms with Crippen molar-refractivity contribution in [3.05, 3.63) is 76.9 Å². The zero-order valence-corrected chi connectivity index (χ0v) is 21.6. The van der Waals surface area contributed by atoms with Crippen molar-refractivity contribution in [2.75, 3.05) is 6.54 Å². The van der Waals surface area contributed by atoms with Gasteiger partial charge in [-0.1, -0.05) is 24.3 Å². The first-order valence-electron chi connectivity index (χ1n) is 13.5. The average molecular weight is 536 g/mol. The Kier molecular flexibility index (Phi) is 7.91. The van der Waals surface area contributed by atoms with Crippen molar-refractivity contribution in [3.63, 3.8) is 0 Å². The number of halogens is 2. The van der Waals surface area contributed by atoms with Gasteiger partial charge in [-0.2, -0.15) is 4.39 Å². The van der Waals surface area contributed by atoms with Gasteiger partial charge in [0.1, 0.15) is 0 Å². The molecule has 2 fully saturated rings. The summed E-state index contributed by atoms with van der Waals surface area (Å²) in [5, 5.41) is 14.0. The van der Waals surface area contributed by atoms with Gasteiger partial charge < -0.3 is 15.2 Å². The highest BCUT2D eigenvalue weighted by Crippen LogP contribution is 2.41. The molecule has 0 spiro atoms. The Morgan fingerprint density at radius 1 is 0.872 bits per heavy atom. The Morgan fingerprint density at radius 2 is 1.62 bits per heavy atom. The van der Waals surface area contributed by atoms with Gasteiger partial charge in [0.15, 0.2) is 17.3 Å². The molecule has 0 saturated heterocycles. The van der Waals surface area contributed by atoms with Gasteiger partial charge in [0.2, 0.25) is 5.82 Å². The number of amides is 1. The molecule has 2 saturated carbocycles. The molecule has 0 heterocycles. The molecule has 0 aliphatic heterocycles. The smallest absolute Gasteiger partial charge is 0.306 e. The Balaban J connectivity index is 1.11. The number of Topliss-reactive ketones (excluding diaryl/α,β-unsaturated/α-hetero) is 1. The van der Waals surface area contributed by atoms with Crippen LogP contribution in [0, 0.1) is 17.6 Å². The second-order valence-electron chi connectivity index (χ2n) is 10.5. The molecule has 0 radical (unpaired) electrons. The summed E-state index contributed by atoms with van der Waals surface area (Å²) in [4.78, 5) is 36.3. The molecule has 1 amide bonds. The highest BCUT2D eigenvalue weighted by Gasteiger charge is 2.28. The molecule has 0 atom stereocenters. The fourth-order valence-corrected chi connectivity index (χ4v) is 5.21. The molecule has 5 rings (SSSR count). The van der Waals surface area contributed by atoms with Crippen LogP contribution in [0.2, 0.25) is 0 Å². The molecule has 2 aliphatic carbocycles.